The number of nitrogens with two attached hydrogens (primary N) is 2. The molecule has 0 aliphatic rings. The van der Waals surface area contributed by atoms with Gasteiger partial charge in [0, 0.05) is 24.8 Å². The number of rotatable bonds is 4. The third-order valence-corrected chi connectivity index (χ3v) is 2.04. The smallest absolute Gasteiger partial charge is 0.271 e. The van der Waals surface area contributed by atoms with Crippen LogP contribution >= 0.6 is 0 Å². The van der Waals surface area contributed by atoms with E-state index in [1.54, 1.807) is 0 Å². The molecular weight excluding hydrogens is 196 g/mol. The molecule has 1 aromatic heterocycles. The number of anilines is 1. The molecule has 0 bridgehead atoms. The Hall–Kier alpha value is -1.56. The molecule has 1 amide bonds. The largest absolute Gasteiger partial charge is 0.396 e. The zero-order valence-corrected chi connectivity index (χ0v) is 8.90. The summed E-state index contributed by atoms with van der Waals surface area (Å²) < 4.78 is 1.52. The van der Waals surface area contributed by atoms with Gasteiger partial charge in [0.15, 0.2) is 5.69 Å². The number of nitrogen functional groups attached to an aromatic ring is 1. The van der Waals surface area contributed by atoms with Gasteiger partial charge in [-0.2, -0.15) is 5.10 Å². The standard InChI is InChI=1S/C9H16N4O2/c1-9(2,5-14)4-13-3-6(10)7(12-13)8(11)15/h3,14H,4-5,10H2,1-2H3,(H2,11,15). The number of primary amides is 1. The lowest BCUT2D eigenvalue weighted by Gasteiger charge is -2.20. The van der Waals surface area contributed by atoms with Gasteiger partial charge in [-0.25, -0.2) is 0 Å². The monoisotopic (exact) mass is 212 g/mol. The molecule has 0 fully saturated rings. The normalized spacial score (nSPS) is 11.7. The molecule has 84 valence electrons. The molecule has 0 aliphatic carbocycles. The van der Waals surface area contributed by atoms with Crippen molar-refractivity contribution in [2.75, 3.05) is 12.3 Å². The van der Waals surface area contributed by atoms with Crippen molar-refractivity contribution in [1.82, 2.24) is 9.78 Å². The van der Waals surface area contributed by atoms with Crippen molar-refractivity contribution in [3.63, 3.8) is 0 Å². The summed E-state index contributed by atoms with van der Waals surface area (Å²) in [4.78, 5) is 10.9. The second kappa shape index (κ2) is 3.90. The highest BCUT2D eigenvalue weighted by molar-refractivity contribution is 5.95. The van der Waals surface area contributed by atoms with Crippen LogP contribution < -0.4 is 11.5 Å². The molecule has 0 aromatic carbocycles. The first-order valence-corrected chi connectivity index (χ1v) is 4.59. The first-order valence-electron chi connectivity index (χ1n) is 4.59. The number of carbonyl (C=O) groups is 1. The van der Waals surface area contributed by atoms with E-state index in [1.807, 2.05) is 13.8 Å². The molecule has 6 heteroatoms. The van der Waals surface area contributed by atoms with E-state index in [9.17, 15) is 4.79 Å². The molecular formula is C9H16N4O2. The van der Waals surface area contributed by atoms with E-state index in [4.69, 9.17) is 16.6 Å². The van der Waals surface area contributed by atoms with Crippen LogP contribution in [-0.4, -0.2) is 27.4 Å². The van der Waals surface area contributed by atoms with Crippen LogP contribution in [0, 0.1) is 5.41 Å². The van der Waals surface area contributed by atoms with E-state index in [0.717, 1.165) is 0 Å². The van der Waals surface area contributed by atoms with Gasteiger partial charge in [-0.3, -0.25) is 9.48 Å². The summed E-state index contributed by atoms with van der Waals surface area (Å²) >= 11 is 0. The van der Waals surface area contributed by atoms with E-state index in [0.29, 0.717) is 6.54 Å². The Bertz CT molecular complexity index is 370. The first kappa shape index (κ1) is 11.5. The SMILES string of the molecule is CC(C)(CO)Cn1cc(N)c(C(N)=O)n1. The molecule has 1 rings (SSSR count). The van der Waals surface area contributed by atoms with Gasteiger partial charge in [-0.05, 0) is 0 Å². The van der Waals surface area contributed by atoms with Crippen molar-refractivity contribution in [2.45, 2.75) is 20.4 Å². The van der Waals surface area contributed by atoms with E-state index in [2.05, 4.69) is 5.10 Å². The number of aliphatic hydroxyl groups is 1. The number of amides is 1. The molecule has 0 unspecified atom stereocenters. The molecule has 0 saturated heterocycles. The zero-order valence-electron chi connectivity index (χ0n) is 8.90. The van der Waals surface area contributed by atoms with E-state index in [1.165, 1.54) is 10.9 Å². The quantitative estimate of drug-likeness (QED) is 0.630. The van der Waals surface area contributed by atoms with Crippen LogP contribution in [0.5, 0.6) is 0 Å². The number of nitrogens with zero attached hydrogens (tertiary/aromatic N) is 2. The summed E-state index contributed by atoms with van der Waals surface area (Å²) in [5.74, 6) is -0.645. The molecule has 1 heterocycles. The first-order chi connectivity index (χ1) is 6.85. The lowest BCUT2D eigenvalue weighted by molar-refractivity contribution is 0.0993. The molecule has 6 nitrogen and oxygen atoms in total. The predicted octanol–water partition coefficient (Wildman–Crippen LogP) is -0.417. The van der Waals surface area contributed by atoms with Crippen molar-refractivity contribution in [1.29, 1.82) is 0 Å². The van der Waals surface area contributed by atoms with Gasteiger partial charge in [0.25, 0.3) is 5.91 Å². The van der Waals surface area contributed by atoms with Crippen LogP contribution in [0.25, 0.3) is 0 Å². The Balaban J connectivity index is 2.89. The molecule has 0 aliphatic heterocycles. The topological polar surface area (TPSA) is 107 Å². The summed E-state index contributed by atoms with van der Waals surface area (Å²) in [5.41, 5.74) is 10.7. The number of carbonyl (C=O) groups excluding carboxylic acids is 1. The van der Waals surface area contributed by atoms with Crippen molar-refractivity contribution in [3.05, 3.63) is 11.9 Å². The maximum absolute atomic E-state index is 10.9. The van der Waals surface area contributed by atoms with E-state index in [-0.39, 0.29) is 23.4 Å². The van der Waals surface area contributed by atoms with Gasteiger partial charge < -0.3 is 16.6 Å². The highest BCUT2D eigenvalue weighted by Gasteiger charge is 2.19. The minimum Gasteiger partial charge on any atom is -0.396 e. The lowest BCUT2D eigenvalue weighted by Crippen LogP contribution is -2.24. The summed E-state index contributed by atoms with van der Waals surface area (Å²) in [6, 6.07) is 0. The summed E-state index contributed by atoms with van der Waals surface area (Å²) in [6.45, 7) is 4.27. The van der Waals surface area contributed by atoms with Gasteiger partial charge in [-0.1, -0.05) is 13.8 Å². The van der Waals surface area contributed by atoms with Gasteiger partial charge in [0.05, 0.1) is 5.69 Å². The van der Waals surface area contributed by atoms with Crippen LogP contribution in [0.1, 0.15) is 24.3 Å². The highest BCUT2D eigenvalue weighted by atomic mass is 16.3. The van der Waals surface area contributed by atoms with E-state index < -0.39 is 5.91 Å². The average molecular weight is 212 g/mol. The van der Waals surface area contributed by atoms with Crippen LogP contribution in [0.4, 0.5) is 5.69 Å². The Labute approximate surface area is 87.9 Å². The van der Waals surface area contributed by atoms with Crippen LogP contribution in [0.2, 0.25) is 0 Å². The maximum atomic E-state index is 10.9. The maximum Gasteiger partial charge on any atom is 0.271 e. The molecule has 0 atom stereocenters. The Morgan fingerprint density at radius 3 is 2.67 bits per heavy atom. The minimum atomic E-state index is -0.645. The number of aliphatic hydroxyl groups excluding tert-OH is 1. The van der Waals surface area contributed by atoms with E-state index >= 15 is 0 Å². The Kier molecular flexibility index (Phi) is 2.99. The van der Waals surface area contributed by atoms with Gasteiger partial charge >= 0.3 is 0 Å². The minimum absolute atomic E-state index is 0.0265. The van der Waals surface area contributed by atoms with Gasteiger partial charge in [0.2, 0.25) is 0 Å². The summed E-state index contributed by atoms with van der Waals surface area (Å²) in [6.07, 6.45) is 1.54. The van der Waals surface area contributed by atoms with Crippen LogP contribution in [-0.2, 0) is 6.54 Å². The molecule has 1 aromatic rings. The van der Waals surface area contributed by atoms with Gasteiger partial charge in [-0.15, -0.1) is 0 Å². The third-order valence-electron chi connectivity index (χ3n) is 2.04. The fraction of sp³-hybridized carbons (Fsp3) is 0.556. The summed E-state index contributed by atoms with van der Waals surface area (Å²) in [5, 5.41) is 13.0. The van der Waals surface area contributed by atoms with Gasteiger partial charge in [0.1, 0.15) is 0 Å². The van der Waals surface area contributed by atoms with Crippen molar-refractivity contribution < 1.29 is 9.90 Å². The van der Waals surface area contributed by atoms with Crippen LogP contribution in [0.3, 0.4) is 0 Å². The molecule has 5 N–H and O–H groups in total. The summed E-state index contributed by atoms with van der Waals surface area (Å²) in [7, 11) is 0. The average Bonchev–Trinajstić information content (AvgIpc) is 2.46. The molecule has 15 heavy (non-hydrogen) atoms. The molecule has 0 spiro atoms. The third kappa shape index (κ3) is 2.69. The lowest BCUT2D eigenvalue weighted by atomic mass is 9.95. The van der Waals surface area contributed by atoms with Crippen LogP contribution in [0.15, 0.2) is 6.20 Å². The van der Waals surface area contributed by atoms with Crippen molar-refractivity contribution >= 4 is 11.6 Å². The second-order valence-corrected chi connectivity index (χ2v) is 4.32. The molecule has 0 radical (unpaired) electrons. The number of hydrogen-bond acceptors (Lipinski definition) is 4. The predicted molar refractivity (Wildman–Crippen MR) is 56.0 cm³/mol. The molecule has 0 saturated carbocycles. The second-order valence-electron chi connectivity index (χ2n) is 4.32. The van der Waals surface area contributed by atoms with Crippen molar-refractivity contribution in [3.8, 4) is 0 Å². The highest BCUT2D eigenvalue weighted by Crippen LogP contribution is 2.18. The Morgan fingerprint density at radius 2 is 2.27 bits per heavy atom. The number of hydrogen-bond donors (Lipinski definition) is 3. The zero-order chi connectivity index (χ0) is 11.6. The van der Waals surface area contributed by atoms with Crippen molar-refractivity contribution in [2.24, 2.45) is 11.1 Å². The number of aromatic nitrogens is 2. The Morgan fingerprint density at radius 1 is 1.67 bits per heavy atom. The fourth-order valence-corrected chi connectivity index (χ4v) is 1.20. The fourth-order valence-electron chi connectivity index (χ4n) is 1.20.